The van der Waals surface area contributed by atoms with Gasteiger partial charge in [-0.2, -0.15) is 0 Å². The first kappa shape index (κ1) is 9.44. The Morgan fingerprint density at radius 2 is 1.71 bits per heavy atom. The van der Waals surface area contributed by atoms with Gasteiger partial charge < -0.3 is 0 Å². The van der Waals surface area contributed by atoms with Crippen LogP contribution in [0.2, 0.25) is 0 Å². The molecule has 2 amide bonds. The maximum absolute atomic E-state index is 11.4. The molecular formula is C11H15NO2. The quantitative estimate of drug-likeness (QED) is 0.592. The van der Waals surface area contributed by atoms with Gasteiger partial charge in [0.15, 0.2) is 0 Å². The van der Waals surface area contributed by atoms with Gasteiger partial charge in [-0.3, -0.25) is 14.5 Å². The second-order valence-electron chi connectivity index (χ2n) is 4.21. The number of nitrogens with zero attached hydrogens (tertiary/aromatic N) is 1. The average molecular weight is 193 g/mol. The Morgan fingerprint density at radius 1 is 1.14 bits per heavy atom. The Bertz CT molecular complexity index is 278. The van der Waals surface area contributed by atoms with Crippen LogP contribution in [-0.2, 0) is 9.59 Å². The minimum atomic E-state index is -0.131. The molecule has 1 aliphatic carbocycles. The zero-order valence-electron chi connectivity index (χ0n) is 8.40. The van der Waals surface area contributed by atoms with Gasteiger partial charge in [0.2, 0.25) is 0 Å². The first-order valence-electron chi connectivity index (χ1n) is 5.25. The lowest BCUT2D eigenvalue weighted by molar-refractivity contribution is -0.141. The van der Waals surface area contributed by atoms with E-state index in [1.807, 2.05) is 0 Å². The zero-order chi connectivity index (χ0) is 10.1. The number of carbonyl (C=O) groups excluding carboxylic acids is 2. The highest BCUT2D eigenvalue weighted by atomic mass is 16.2. The molecular weight excluding hydrogens is 178 g/mol. The molecule has 0 aromatic carbocycles. The Kier molecular flexibility index (Phi) is 2.40. The van der Waals surface area contributed by atoms with E-state index in [0.29, 0.717) is 5.92 Å². The predicted octanol–water partition coefficient (Wildman–Crippen LogP) is 1.49. The molecule has 3 nitrogen and oxygen atoms in total. The molecule has 1 saturated carbocycles. The summed E-state index contributed by atoms with van der Waals surface area (Å²) < 4.78 is 0. The number of hydrogen-bond donors (Lipinski definition) is 0. The summed E-state index contributed by atoms with van der Waals surface area (Å²) in [4.78, 5) is 24.3. The fraction of sp³-hybridized carbons (Fsp3) is 0.636. The second kappa shape index (κ2) is 3.56. The predicted molar refractivity (Wildman–Crippen MR) is 52.4 cm³/mol. The second-order valence-corrected chi connectivity index (χ2v) is 4.21. The molecule has 2 atom stereocenters. The van der Waals surface area contributed by atoms with Crippen LogP contribution in [0.15, 0.2) is 12.2 Å². The van der Waals surface area contributed by atoms with E-state index in [9.17, 15) is 9.59 Å². The van der Waals surface area contributed by atoms with Crippen molar-refractivity contribution in [2.45, 2.75) is 38.6 Å². The van der Waals surface area contributed by atoms with E-state index in [1.165, 1.54) is 23.5 Å². The normalized spacial score (nSPS) is 32.8. The van der Waals surface area contributed by atoms with Crippen LogP contribution in [0, 0.1) is 5.92 Å². The summed E-state index contributed by atoms with van der Waals surface area (Å²) in [5.74, 6) is 0.194. The number of rotatable bonds is 1. The Hall–Kier alpha value is -1.12. The fourth-order valence-corrected chi connectivity index (χ4v) is 2.42. The molecule has 0 aromatic rings. The third kappa shape index (κ3) is 1.47. The highest BCUT2D eigenvalue weighted by Crippen LogP contribution is 2.29. The van der Waals surface area contributed by atoms with Gasteiger partial charge in [0, 0.05) is 18.2 Å². The van der Waals surface area contributed by atoms with Crippen LogP contribution in [0.1, 0.15) is 32.6 Å². The van der Waals surface area contributed by atoms with Crippen molar-refractivity contribution in [3.63, 3.8) is 0 Å². The molecule has 3 heteroatoms. The molecule has 0 spiro atoms. The van der Waals surface area contributed by atoms with Crippen molar-refractivity contribution in [3.05, 3.63) is 12.2 Å². The van der Waals surface area contributed by atoms with Crippen LogP contribution in [-0.4, -0.2) is 22.8 Å². The molecule has 0 radical (unpaired) electrons. The first-order valence-corrected chi connectivity index (χ1v) is 5.25. The van der Waals surface area contributed by atoms with E-state index in [2.05, 4.69) is 6.92 Å². The van der Waals surface area contributed by atoms with Crippen molar-refractivity contribution in [2.75, 3.05) is 0 Å². The van der Waals surface area contributed by atoms with Crippen LogP contribution < -0.4 is 0 Å². The molecule has 1 fully saturated rings. The topological polar surface area (TPSA) is 37.4 Å². The summed E-state index contributed by atoms with van der Waals surface area (Å²) in [6, 6.07) is 0.138. The minimum Gasteiger partial charge on any atom is -0.272 e. The summed E-state index contributed by atoms with van der Waals surface area (Å²) >= 11 is 0. The van der Waals surface area contributed by atoms with Crippen molar-refractivity contribution < 1.29 is 9.59 Å². The maximum Gasteiger partial charge on any atom is 0.253 e. The van der Waals surface area contributed by atoms with Gasteiger partial charge in [-0.15, -0.1) is 0 Å². The first-order chi connectivity index (χ1) is 6.70. The molecule has 1 aliphatic heterocycles. The highest BCUT2D eigenvalue weighted by Gasteiger charge is 2.35. The van der Waals surface area contributed by atoms with Gasteiger partial charge in [-0.25, -0.2) is 0 Å². The molecule has 0 unspecified atom stereocenters. The largest absolute Gasteiger partial charge is 0.272 e. The minimum absolute atomic E-state index is 0.131. The van der Waals surface area contributed by atoms with Crippen molar-refractivity contribution in [1.29, 1.82) is 0 Å². The average Bonchev–Trinajstić information content (AvgIpc) is 2.48. The number of amides is 2. The van der Waals surface area contributed by atoms with Crippen molar-refractivity contribution in [3.8, 4) is 0 Å². The lowest BCUT2D eigenvalue weighted by atomic mass is 9.85. The van der Waals surface area contributed by atoms with Crippen LogP contribution in [0.25, 0.3) is 0 Å². The van der Waals surface area contributed by atoms with Gasteiger partial charge in [0.25, 0.3) is 11.8 Å². The van der Waals surface area contributed by atoms with Gasteiger partial charge in [0.1, 0.15) is 0 Å². The van der Waals surface area contributed by atoms with Gasteiger partial charge >= 0.3 is 0 Å². The molecule has 0 aromatic heterocycles. The Morgan fingerprint density at radius 3 is 2.29 bits per heavy atom. The Labute approximate surface area is 83.8 Å². The maximum atomic E-state index is 11.4. The number of hydrogen-bond acceptors (Lipinski definition) is 2. The number of carbonyl (C=O) groups is 2. The van der Waals surface area contributed by atoms with Gasteiger partial charge in [-0.1, -0.05) is 19.8 Å². The van der Waals surface area contributed by atoms with Crippen LogP contribution >= 0.6 is 0 Å². The number of imide groups is 1. The van der Waals surface area contributed by atoms with E-state index >= 15 is 0 Å². The summed E-state index contributed by atoms with van der Waals surface area (Å²) in [6.07, 6.45) is 7.21. The standard InChI is InChI=1S/C11H15NO2/c1-8-4-2-3-5-9(8)12-10(13)6-7-11(12)14/h6-9H,2-5H2,1H3/t8-,9-/m0/s1. The lowest BCUT2D eigenvalue weighted by Crippen LogP contribution is -2.45. The molecule has 1 heterocycles. The highest BCUT2D eigenvalue weighted by molar-refractivity contribution is 6.13. The van der Waals surface area contributed by atoms with Crippen LogP contribution in [0.4, 0.5) is 0 Å². The summed E-state index contributed by atoms with van der Waals surface area (Å²) in [5, 5.41) is 0. The Balaban J connectivity index is 2.13. The smallest absolute Gasteiger partial charge is 0.253 e. The molecule has 0 saturated heterocycles. The summed E-state index contributed by atoms with van der Waals surface area (Å²) in [7, 11) is 0. The lowest BCUT2D eigenvalue weighted by Gasteiger charge is -2.34. The van der Waals surface area contributed by atoms with E-state index in [4.69, 9.17) is 0 Å². The molecule has 0 N–H and O–H groups in total. The van der Waals surface area contributed by atoms with Crippen molar-refractivity contribution in [2.24, 2.45) is 5.92 Å². The molecule has 2 aliphatic rings. The van der Waals surface area contributed by atoms with E-state index in [-0.39, 0.29) is 17.9 Å². The van der Waals surface area contributed by atoms with Crippen LogP contribution in [0.3, 0.4) is 0 Å². The SMILES string of the molecule is C[C@H]1CCCC[C@@H]1N1C(=O)C=CC1=O. The molecule has 0 bridgehead atoms. The summed E-state index contributed by atoms with van der Waals surface area (Å²) in [5.41, 5.74) is 0. The zero-order valence-corrected chi connectivity index (χ0v) is 8.40. The third-order valence-electron chi connectivity index (χ3n) is 3.24. The van der Waals surface area contributed by atoms with Gasteiger partial charge in [0.05, 0.1) is 0 Å². The van der Waals surface area contributed by atoms with Crippen LogP contribution in [0.5, 0.6) is 0 Å². The van der Waals surface area contributed by atoms with Crippen molar-refractivity contribution >= 4 is 11.8 Å². The van der Waals surface area contributed by atoms with E-state index < -0.39 is 0 Å². The molecule has 2 rings (SSSR count). The monoisotopic (exact) mass is 193 g/mol. The van der Waals surface area contributed by atoms with Crippen molar-refractivity contribution in [1.82, 2.24) is 4.90 Å². The van der Waals surface area contributed by atoms with E-state index in [1.54, 1.807) is 0 Å². The third-order valence-corrected chi connectivity index (χ3v) is 3.24. The molecule has 14 heavy (non-hydrogen) atoms. The fourth-order valence-electron chi connectivity index (χ4n) is 2.42. The summed E-state index contributed by atoms with van der Waals surface area (Å²) in [6.45, 7) is 2.13. The van der Waals surface area contributed by atoms with E-state index in [0.717, 1.165) is 19.3 Å². The van der Waals surface area contributed by atoms with Gasteiger partial charge in [-0.05, 0) is 18.8 Å². The molecule has 76 valence electrons.